The zero-order valence-electron chi connectivity index (χ0n) is 6.43. The molecular weight excluding hydrogens is 193 g/mol. The summed E-state index contributed by atoms with van der Waals surface area (Å²) in [7, 11) is 0. The molecule has 2 atom stereocenters. The van der Waals surface area contributed by atoms with Gasteiger partial charge in [-0.25, -0.2) is 0 Å². The van der Waals surface area contributed by atoms with Crippen LogP contribution in [0.25, 0.3) is 0 Å². The molecule has 1 nitrogen and oxygen atoms in total. The molecule has 1 fully saturated rings. The van der Waals surface area contributed by atoms with E-state index in [-0.39, 0.29) is 0 Å². The molecule has 12 heavy (non-hydrogen) atoms. The Hall–Kier alpha value is -0.240. The fourth-order valence-corrected chi connectivity index (χ4v) is 1.65. The molecule has 0 radical (unpaired) electrons. The van der Waals surface area contributed by atoms with Gasteiger partial charge in [0.05, 0.1) is 10.0 Å². The second-order valence-electron chi connectivity index (χ2n) is 3.18. The normalized spacial score (nSPS) is 27.2. The minimum absolute atomic E-state index is 0.322. The van der Waals surface area contributed by atoms with E-state index in [1.165, 1.54) is 5.56 Å². The molecular formula is C9H9Cl2N. The van der Waals surface area contributed by atoms with E-state index in [0.29, 0.717) is 22.0 Å². The molecule has 1 unspecified atom stereocenters. The molecule has 0 bridgehead atoms. The highest BCUT2D eigenvalue weighted by Gasteiger charge is 2.34. The third-order valence-electron chi connectivity index (χ3n) is 2.21. The summed E-state index contributed by atoms with van der Waals surface area (Å²) in [6.45, 7) is 0. The molecule has 1 aromatic carbocycles. The van der Waals surface area contributed by atoms with Gasteiger partial charge in [0.1, 0.15) is 0 Å². The molecule has 2 N–H and O–H groups in total. The number of nitrogens with two attached hydrogens (primary N) is 1. The Morgan fingerprint density at radius 3 is 2.42 bits per heavy atom. The number of rotatable bonds is 1. The third kappa shape index (κ3) is 1.45. The van der Waals surface area contributed by atoms with Crippen molar-refractivity contribution in [2.45, 2.75) is 18.4 Å². The Labute approximate surface area is 81.5 Å². The Bertz CT molecular complexity index is 311. The van der Waals surface area contributed by atoms with Crippen molar-refractivity contribution >= 4 is 23.2 Å². The summed E-state index contributed by atoms with van der Waals surface area (Å²) in [6, 6.07) is 6.04. The van der Waals surface area contributed by atoms with Gasteiger partial charge in [0, 0.05) is 12.0 Å². The molecule has 1 aromatic rings. The van der Waals surface area contributed by atoms with Crippen LogP contribution in [-0.2, 0) is 0 Å². The molecule has 0 heterocycles. The molecule has 0 spiro atoms. The second kappa shape index (κ2) is 2.91. The molecule has 0 aliphatic heterocycles. The van der Waals surface area contributed by atoms with Gasteiger partial charge in [0.25, 0.3) is 0 Å². The second-order valence-corrected chi connectivity index (χ2v) is 3.99. The van der Waals surface area contributed by atoms with Gasteiger partial charge in [-0.2, -0.15) is 0 Å². The SMILES string of the molecule is N[C@H]1CC1c1ccc(Cl)c(Cl)c1. The van der Waals surface area contributed by atoms with E-state index in [1.54, 1.807) is 0 Å². The molecule has 0 aromatic heterocycles. The van der Waals surface area contributed by atoms with E-state index in [0.717, 1.165) is 6.42 Å². The lowest BCUT2D eigenvalue weighted by atomic mass is 10.1. The standard InChI is InChI=1S/C9H9Cl2N/c10-7-2-1-5(3-8(7)11)6-4-9(6)12/h1-3,6,9H,4,12H2/t6?,9-/m0/s1. The van der Waals surface area contributed by atoms with Crippen LogP contribution in [0.1, 0.15) is 17.9 Å². The Morgan fingerprint density at radius 2 is 1.92 bits per heavy atom. The highest BCUT2D eigenvalue weighted by atomic mass is 35.5. The summed E-state index contributed by atoms with van der Waals surface area (Å²) in [4.78, 5) is 0. The highest BCUT2D eigenvalue weighted by Crippen LogP contribution is 2.40. The molecule has 0 saturated heterocycles. The predicted molar refractivity (Wildman–Crippen MR) is 51.8 cm³/mol. The lowest BCUT2D eigenvalue weighted by molar-refractivity contribution is 0.991. The number of hydrogen-bond donors (Lipinski definition) is 1. The average Bonchev–Trinajstić information content (AvgIpc) is 2.73. The highest BCUT2D eigenvalue weighted by molar-refractivity contribution is 6.42. The molecule has 1 aliphatic rings. The first-order chi connectivity index (χ1) is 5.68. The van der Waals surface area contributed by atoms with Crippen LogP contribution >= 0.6 is 23.2 Å². The van der Waals surface area contributed by atoms with Gasteiger partial charge in [0.15, 0.2) is 0 Å². The molecule has 3 heteroatoms. The molecule has 0 amide bonds. The van der Waals surface area contributed by atoms with E-state index < -0.39 is 0 Å². The van der Waals surface area contributed by atoms with Crippen molar-refractivity contribution in [3.05, 3.63) is 33.8 Å². The van der Waals surface area contributed by atoms with Crippen molar-refractivity contribution in [1.82, 2.24) is 0 Å². The van der Waals surface area contributed by atoms with E-state index in [4.69, 9.17) is 28.9 Å². The largest absolute Gasteiger partial charge is 0.327 e. The van der Waals surface area contributed by atoms with Crippen molar-refractivity contribution in [2.75, 3.05) is 0 Å². The van der Waals surface area contributed by atoms with Crippen molar-refractivity contribution in [1.29, 1.82) is 0 Å². The summed E-state index contributed by atoms with van der Waals surface area (Å²) < 4.78 is 0. The minimum atomic E-state index is 0.322. The van der Waals surface area contributed by atoms with Crippen molar-refractivity contribution in [3.8, 4) is 0 Å². The van der Waals surface area contributed by atoms with Crippen molar-refractivity contribution < 1.29 is 0 Å². The van der Waals surface area contributed by atoms with Crippen LogP contribution in [0.2, 0.25) is 10.0 Å². The van der Waals surface area contributed by atoms with Crippen molar-refractivity contribution in [2.24, 2.45) is 5.73 Å². The van der Waals surface area contributed by atoms with Gasteiger partial charge in [-0.15, -0.1) is 0 Å². The van der Waals surface area contributed by atoms with E-state index >= 15 is 0 Å². The fraction of sp³-hybridized carbons (Fsp3) is 0.333. The smallest absolute Gasteiger partial charge is 0.0595 e. The number of hydrogen-bond acceptors (Lipinski definition) is 1. The van der Waals surface area contributed by atoms with E-state index in [9.17, 15) is 0 Å². The van der Waals surface area contributed by atoms with E-state index in [2.05, 4.69) is 0 Å². The zero-order chi connectivity index (χ0) is 8.72. The van der Waals surface area contributed by atoms with Gasteiger partial charge in [-0.05, 0) is 24.1 Å². The molecule has 1 saturated carbocycles. The quantitative estimate of drug-likeness (QED) is 0.744. The number of benzene rings is 1. The lowest BCUT2D eigenvalue weighted by Crippen LogP contribution is -2.00. The average molecular weight is 202 g/mol. The van der Waals surface area contributed by atoms with Gasteiger partial charge in [0.2, 0.25) is 0 Å². The maximum atomic E-state index is 5.86. The first-order valence-electron chi connectivity index (χ1n) is 3.89. The van der Waals surface area contributed by atoms with Crippen LogP contribution in [0.3, 0.4) is 0 Å². The van der Waals surface area contributed by atoms with Crippen LogP contribution in [-0.4, -0.2) is 6.04 Å². The monoisotopic (exact) mass is 201 g/mol. The summed E-state index contributed by atoms with van der Waals surface area (Å²) in [5.41, 5.74) is 6.92. The molecule has 64 valence electrons. The van der Waals surface area contributed by atoms with Crippen LogP contribution in [0.5, 0.6) is 0 Å². The van der Waals surface area contributed by atoms with Gasteiger partial charge in [-0.3, -0.25) is 0 Å². The lowest BCUT2D eigenvalue weighted by Gasteiger charge is -2.00. The minimum Gasteiger partial charge on any atom is -0.327 e. The third-order valence-corrected chi connectivity index (χ3v) is 2.95. The zero-order valence-corrected chi connectivity index (χ0v) is 7.94. The summed E-state index contributed by atoms with van der Waals surface area (Å²) in [5.74, 6) is 0.500. The maximum absolute atomic E-state index is 5.86. The first-order valence-corrected chi connectivity index (χ1v) is 4.64. The summed E-state index contributed by atoms with van der Waals surface area (Å²) in [6.07, 6.45) is 1.07. The van der Waals surface area contributed by atoms with Crippen molar-refractivity contribution in [3.63, 3.8) is 0 Å². The number of halogens is 2. The fourth-order valence-electron chi connectivity index (χ4n) is 1.34. The van der Waals surface area contributed by atoms with Crippen LogP contribution in [0.15, 0.2) is 18.2 Å². The Balaban J connectivity index is 2.29. The Morgan fingerprint density at radius 1 is 1.25 bits per heavy atom. The van der Waals surface area contributed by atoms with Gasteiger partial charge < -0.3 is 5.73 Å². The Kier molecular flexibility index (Phi) is 2.03. The van der Waals surface area contributed by atoms with E-state index in [1.807, 2.05) is 18.2 Å². The maximum Gasteiger partial charge on any atom is 0.0595 e. The van der Waals surface area contributed by atoms with Crippen LogP contribution in [0.4, 0.5) is 0 Å². The molecule has 2 rings (SSSR count). The predicted octanol–water partition coefficient (Wildman–Crippen LogP) is 2.81. The first kappa shape index (κ1) is 8.36. The summed E-state index contributed by atoms with van der Waals surface area (Å²) in [5, 5.41) is 1.22. The topological polar surface area (TPSA) is 26.0 Å². The summed E-state index contributed by atoms with van der Waals surface area (Å²) >= 11 is 11.6. The van der Waals surface area contributed by atoms with Crippen LogP contribution in [0, 0.1) is 0 Å². The van der Waals surface area contributed by atoms with Gasteiger partial charge >= 0.3 is 0 Å². The molecule has 1 aliphatic carbocycles. The van der Waals surface area contributed by atoms with Crippen LogP contribution < -0.4 is 5.73 Å². The van der Waals surface area contributed by atoms with Gasteiger partial charge in [-0.1, -0.05) is 29.3 Å².